The van der Waals surface area contributed by atoms with E-state index in [0.717, 1.165) is 15.9 Å². The monoisotopic (exact) mass is 294 g/mol. The first-order valence-electron chi connectivity index (χ1n) is 5.37. The molecule has 1 aromatic heterocycles. The average molecular weight is 295 g/mol. The SMILES string of the molecule is Cn1ncnc1CC(C)(N)c1cccc(Br)c1. The maximum atomic E-state index is 6.37. The van der Waals surface area contributed by atoms with E-state index in [4.69, 9.17) is 5.73 Å². The summed E-state index contributed by atoms with van der Waals surface area (Å²) < 4.78 is 2.79. The van der Waals surface area contributed by atoms with E-state index in [9.17, 15) is 0 Å². The summed E-state index contributed by atoms with van der Waals surface area (Å²) in [5.41, 5.74) is 6.99. The van der Waals surface area contributed by atoms with Gasteiger partial charge in [0.25, 0.3) is 0 Å². The molecule has 4 nitrogen and oxygen atoms in total. The van der Waals surface area contributed by atoms with Crippen LogP contribution in [0.1, 0.15) is 18.3 Å². The van der Waals surface area contributed by atoms with Crippen molar-refractivity contribution in [2.24, 2.45) is 12.8 Å². The van der Waals surface area contributed by atoms with E-state index in [-0.39, 0.29) is 0 Å². The van der Waals surface area contributed by atoms with Crippen LogP contribution in [0.25, 0.3) is 0 Å². The molecule has 0 amide bonds. The normalized spacial score (nSPS) is 14.6. The van der Waals surface area contributed by atoms with E-state index >= 15 is 0 Å². The molecule has 0 saturated carbocycles. The molecule has 2 rings (SSSR count). The molecule has 1 heterocycles. The molecule has 0 spiro atoms. The summed E-state index contributed by atoms with van der Waals surface area (Å²) in [6.45, 7) is 2.00. The van der Waals surface area contributed by atoms with E-state index in [0.29, 0.717) is 6.42 Å². The van der Waals surface area contributed by atoms with Crippen molar-refractivity contribution < 1.29 is 0 Å². The first kappa shape index (κ1) is 12.3. The summed E-state index contributed by atoms with van der Waals surface area (Å²) in [4.78, 5) is 4.21. The van der Waals surface area contributed by atoms with Crippen molar-refractivity contribution in [2.75, 3.05) is 0 Å². The van der Waals surface area contributed by atoms with Crippen LogP contribution < -0.4 is 5.73 Å². The Balaban J connectivity index is 2.27. The summed E-state index contributed by atoms with van der Waals surface area (Å²) >= 11 is 3.46. The zero-order valence-corrected chi connectivity index (χ0v) is 11.5. The highest BCUT2D eigenvalue weighted by atomic mass is 79.9. The lowest BCUT2D eigenvalue weighted by Gasteiger charge is -2.24. The Morgan fingerprint density at radius 3 is 2.82 bits per heavy atom. The van der Waals surface area contributed by atoms with Gasteiger partial charge in [0.1, 0.15) is 12.2 Å². The fourth-order valence-electron chi connectivity index (χ4n) is 1.75. The third kappa shape index (κ3) is 2.73. The van der Waals surface area contributed by atoms with Crippen LogP contribution in [0.3, 0.4) is 0 Å². The molecule has 0 aliphatic rings. The van der Waals surface area contributed by atoms with Crippen LogP contribution in [-0.2, 0) is 19.0 Å². The van der Waals surface area contributed by atoms with Gasteiger partial charge in [-0.3, -0.25) is 4.68 Å². The van der Waals surface area contributed by atoms with Gasteiger partial charge in [-0.05, 0) is 24.6 Å². The molecule has 0 aliphatic carbocycles. The van der Waals surface area contributed by atoms with E-state index in [1.54, 1.807) is 11.0 Å². The number of rotatable bonds is 3. The van der Waals surface area contributed by atoms with Crippen molar-refractivity contribution in [3.63, 3.8) is 0 Å². The molecule has 0 bridgehead atoms. The number of benzene rings is 1. The van der Waals surface area contributed by atoms with Crippen LogP contribution in [0.2, 0.25) is 0 Å². The lowest BCUT2D eigenvalue weighted by molar-refractivity contribution is 0.465. The van der Waals surface area contributed by atoms with Crippen LogP contribution in [-0.4, -0.2) is 14.8 Å². The molecule has 17 heavy (non-hydrogen) atoms. The third-order valence-corrected chi connectivity index (χ3v) is 3.31. The highest BCUT2D eigenvalue weighted by Crippen LogP contribution is 2.24. The van der Waals surface area contributed by atoms with Gasteiger partial charge < -0.3 is 5.73 Å². The van der Waals surface area contributed by atoms with E-state index in [1.807, 2.05) is 38.2 Å². The Hall–Kier alpha value is -1.20. The minimum atomic E-state index is -0.454. The number of hydrogen-bond acceptors (Lipinski definition) is 3. The number of hydrogen-bond donors (Lipinski definition) is 1. The predicted molar refractivity (Wildman–Crippen MR) is 70.4 cm³/mol. The summed E-state index contributed by atoms with van der Waals surface area (Å²) in [5, 5.41) is 4.05. The number of aromatic nitrogens is 3. The van der Waals surface area contributed by atoms with Crippen molar-refractivity contribution >= 4 is 15.9 Å². The Kier molecular flexibility index (Phi) is 3.31. The minimum Gasteiger partial charge on any atom is -0.321 e. The number of halogens is 1. The summed E-state index contributed by atoms with van der Waals surface area (Å²) in [7, 11) is 1.87. The van der Waals surface area contributed by atoms with Crippen molar-refractivity contribution in [1.82, 2.24) is 14.8 Å². The van der Waals surface area contributed by atoms with Crippen LogP contribution in [0, 0.1) is 0 Å². The number of nitrogens with two attached hydrogens (primary N) is 1. The second kappa shape index (κ2) is 4.58. The van der Waals surface area contributed by atoms with Crippen molar-refractivity contribution in [3.05, 3.63) is 46.5 Å². The van der Waals surface area contributed by atoms with Gasteiger partial charge >= 0.3 is 0 Å². The smallest absolute Gasteiger partial charge is 0.138 e. The fourth-order valence-corrected chi connectivity index (χ4v) is 2.15. The van der Waals surface area contributed by atoms with Crippen LogP contribution >= 0.6 is 15.9 Å². The fraction of sp³-hybridized carbons (Fsp3) is 0.333. The Morgan fingerprint density at radius 1 is 1.47 bits per heavy atom. The molecule has 0 aliphatic heterocycles. The quantitative estimate of drug-likeness (QED) is 0.942. The second-order valence-electron chi connectivity index (χ2n) is 4.40. The zero-order valence-electron chi connectivity index (χ0n) is 9.89. The predicted octanol–water partition coefficient (Wildman–Crippen LogP) is 1.99. The van der Waals surface area contributed by atoms with Crippen LogP contribution in [0.5, 0.6) is 0 Å². The second-order valence-corrected chi connectivity index (χ2v) is 5.32. The highest BCUT2D eigenvalue weighted by Gasteiger charge is 2.24. The Labute approximate surface area is 109 Å². The Bertz CT molecular complexity index is 519. The maximum absolute atomic E-state index is 6.37. The van der Waals surface area contributed by atoms with Gasteiger partial charge in [-0.25, -0.2) is 4.98 Å². The van der Waals surface area contributed by atoms with Gasteiger partial charge in [-0.2, -0.15) is 5.10 Å². The van der Waals surface area contributed by atoms with Crippen LogP contribution in [0.15, 0.2) is 35.1 Å². The molecule has 2 N–H and O–H groups in total. The molecule has 1 aromatic carbocycles. The van der Waals surface area contributed by atoms with E-state index in [2.05, 4.69) is 26.0 Å². The Morgan fingerprint density at radius 2 is 2.24 bits per heavy atom. The van der Waals surface area contributed by atoms with Crippen molar-refractivity contribution in [2.45, 2.75) is 18.9 Å². The molecule has 0 radical (unpaired) electrons. The van der Waals surface area contributed by atoms with Gasteiger partial charge in [0.15, 0.2) is 0 Å². The first-order chi connectivity index (χ1) is 7.99. The highest BCUT2D eigenvalue weighted by molar-refractivity contribution is 9.10. The molecule has 1 atom stereocenters. The molecular formula is C12H15BrN4. The van der Waals surface area contributed by atoms with Gasteiger partial charge in [-0.15, -0.1) is 0 Å². The summed E-state index contributed by atoms with van der Waals surface area (Å²) in [5.74, 6) is 0.884. The lowest BCUT2D eigenvalue weighted by Crippen LogP contribution is -2.36. The lowest BCUT2D eigenvalue weighted by atomic mass is 9.89. The van der Waals surface area contributed by atoms with E-state index in [1.165, 1.54) is 0 Å². The standard InChI is InChI=1S/C12H15BrN4/c1-12(14,7-11-15-8-16-17(11)2)9-4-3-5-10(13)6-9/h3-6,8H,7,14H2,1-2H3. The molecule has 2 aromatic rings. The third-order valence-electron chi connectivity index (χ3n) is 2.81. The van der Waals surface area contributed by atoms with Gasteiger partial charge in [0.2, 0.25) is 0 Å². The maximum Gasteiger partial charge on any atom is 0.138 e. The molecular weight excluding hydrogens is 280 g/mol. The molecule has 1 unspecified atom stereocenters. The van der Waals surface area contributed by atoms with Gasteiger partial charge in [-0.1, -0.05) is 28.1 Å². The topological polar surface area (TPSA) is 56.7 Å². The van der Waals surface area contributed by atoms with Gasteiger partial charge in [0.05, 0.1) is 0 Å². The zero-order chi connectivity index (χ0) is 12.5. The summed E-state index contributed by atoms with van der Waals surface area (Å²) in [6, 6.07) is 8.04. The average Bonchev–Trinajstić information content (AvgIpc) is 2.64. The van der Waals surface area contributed by atoms with Crippen molar-refractivity contribution in [1.29, 1.82) is 0 Å². The minimum absolute atomic E-state index is 0.454. The number of aryl methyl sites for hydroxylation is 1. The molecule has 90 valence electrons. The molecule has 0 fully saturated rings. The first-order valence-corrected chi connectivity index (χ1v) is 6.16. The van der Waals surface area contributed by atoms with E-state index < -0.39 is 5.54 Å². The van der Waals surface area contributed by atoms with Crippen molar-refractivity contribution in [3.8, 4) is 0 Å². The molecule has 5 heteroatoms. The van der Waals surface area contributed by atoms with Gasteiger partial charge in [0, 0.05) is 23.5 Å². The number of nitrogens with zero attached hydrogens (tertiary/aromatic N) is 3. The summed E-state index contributed by atoms with van der Waals surface area (Å²) in [6.07, 6.45) is 2.20. The van der Waals surface area contributed by atoms with Crippen LogP contribution in [0.4, 0.5) is 0 Å². The molecule has 0 saturated heterocycles. The largest absolute Gasteiger partial charge is 0.321 e.